The van der Waals surface area contributed by atoms with Crippen molar-refractivity contribution >= 4 is 15.9 Å². The van der Waals surface area contributed by atoms with E-state index in [1.54, 1.807) is 0 Å². The number of halogens is 2. The number of hydrogen-bond donors (Lipinski definition) is 1. The fourth-order valence-corrected chi connectivity index (χ4v) is 2.65. The molecule has 1 N–H and O–H groups in total. The zero-order valence-corrected chi connectivity index (χ0v) is 12.7. The van der Waals surface area contributed by atoms with Gasteiger partial charge >= 0.3 is 0 Å². The van der Waals surface area contributed by atoms with E-state index in [9.17, 15) is 4.39 Å². The lowest BCUT2D eigenvalue weighted by Crippen LogP contribution is -2.14. The van der Waals surface area contributed by atoms with Crippen molar-refractivity contribution in [2.75, 3.05) is 7.05 Å². The van der Waals surface area contributed by atoms with Crippen LogP contribution in [0.5, 0.6) is 0 Å². The molecule has 1 aromatic carbocycles. The molecule has 0 amide bonds. The lowest BCUT2D eigenvalue weighted by atomic mass is 10.1. The zero-order chi connectivity index (χ0) is 13.8. The Labute approximate surface area is 121 Å². The van der Waals surface area contributed by atoms with Crippen LogP contribution >= 0.6 is 15.9 Å². The molecule has 0 aliphatic heterocycles. The standard InChI is InChI=1S/C15H18BrFN2/c1-3-15(18-2)12-6-7-19(10-12)9-11-4-5-14(17)13(16)8-11/h4-8,10,15,18H,3,9H2,1-2H3. The van der Waals surface area contributed by atoms with Crippen LogP contribution in [-0.2, 0) is 6.54 Å². The molecule has 2 nitrogen and oxygen atoms in total. The first-order valence-corrected chi connectivity index (χ1v) is 7.20. The number of aromatic nitrogens is 1. The maximum atomic E-state index is 13.2. The third-order valence-electron chi connectivity index (χ3n) is 3.28. The van der Waals surface area contributed by atoms with E-state index in [2.05, 4.69) is 51.2 Å². The number of rotatable bonds is 5. The molecule has 0 bridgehead atoms. The second-order valence-corrected chi connectivity index (χ2v) is 5.47. The van der Waals surface area contributed by atoms with E-state index in [1.165, 1.54) is 11.6 Å². The highest BCUT2D eigenvalue weighted by Crippen LogP contribution is 2.20. The monoisotopic (exact) mass is 324 g/mol. The average Bonchev–Trinajstić information content (AvgIpc) is 2.84. The molecule has 1 atom stereocenters. The fraction of sp³-hybridized carbons (Fsp3) is 0.333. The van der Waals surface area contributed by atoms with Crippen LogP contribution in [0.25, 0.3) is 0 Å². The minimum Gasteiger partial charge on any atom is -0.350 e. The molecule has 102 valence electrons. The molecule has 0 radical (unpaired) electrons. The summed E-state index contributed by atoms with van der Waals surface area (Å²) < 4.78 is 15.8. The highest BCUT2D eigenvalue weighted by atomic mass is 79.9. The van der Waals surface area contributed by atoms with Gasteiger partial charge in [-0.25, -0.2) is 4.39 Å². The molecular formula is C15H18BrFN2. The molecule has 19 heavy (non-hydrogen) atoms. The summed E-state index contributed by atoms with van der Waals surface area (Å²) in [6.45, 7) is 2.91. The first-order chi connectivity index (χ1) is 9.13. The first kappa shape index (κ1) is 14.3. The zero-order valence-electron chi connectivity index (χ0n) is 11.2. The number of hydrogen-bond acceptors (Lipinski definition) is 1. The second kappa shape index (κ2) is 6.35. The molecule has 1 unspecified atom stereocenters. The Balaban J connectivity index is 2.13. The SMILES string of the molecule is CCC(NC)c1ccn(Cc2ccc(F)c(Br)c2)c1. The largest absolute Gasteiger partial charge is 0.350 e. The van der Waals surface area contributed by atoms with E-state index >= 15 is 0 Å². The Hall–Kier alpha value is -1.13. The van der Waals surface area contributed by atoms with Gasteiger partial charge in [0.1, 0.15) is 5.82 Å². The van der Waals surface area contributed by atoms with Gasteiger partial charge in [-0.3, -0.25) is 0 Å². The quantitative estimate of drug-likeness (QED) is 0.875. The number of benzene rings is 1. The highest BCUT2D eigenvalue weighted by molar-refractivity contribution is 9.10. The van der Waals surface area contributed by atoms with Crippen LogP contribution in [0, 0.1) is 5.82 Å². The van der Waals surface area contributed by atoms with Crippen LogP contribution < -0.4 is 5.32 Å². The van der Waals surface area contributed by atoms with Crippen molar-refractivity contribution in [2.45, 2.75) is 25.9 Å². The van der Waals surface area contributed by atoms with Gasteiger partial charge in [0.25, 0.3) is 0 Å². The van der Waals surface area contributed by atoms with Crippen molar-refractivity contribution in [3.05, 3.63) is 58.1 Å². The van der Waals surface area contributed by atoms with Gasteiger partial charge in [-0.05, 0) is 58.7 Å². The summed E-state index contributed by atoms with van der Waals surface area (Å²) in [4.78, 5) is 0. The van der Waals surface area contributed by atoms with Gasteiger partial charge in [-0.15, -0.1) is 0 Å². The Morgan fingerprint density at radius 1 is 1.37 bits per heavy atom. The molecule has 0 spiro atoms. The third-order valence-corrected chi connectivity index (χ3v) is 3.89. The fourth-order valence-electron chi connectivity index (χ4n) is 2.22. The van der Waals surface area contributed by atoms with E-state index in [0.29, 0.717) is 10.5 Å². The van der Waals surface area contributed by atoms with Gasteiger partial charge in [0.2, 0.25) is 0 Å². The Morgan fingerprint density at radius 2 is 2.16 bits per heavy atom. The summed E-state index contributed by atoms with van der Waals surface area (Å²) in [5.74, 6) is -0.224. The first-order valence-electron chi connectivity index (χ1n) is 6.41. The summed E-state index contributed by atoms with van der Waals surface area (Å²) in [5, 5.41) is 3.29. The Morgan fingerprint density at radius 3 is 2.79 bits per heavy atom. The Bertz CT molecular complexity index is 547. The van der Waals surface area contributed by atoms with Gasteiger partial charge in [0, 0.05) is 25.0 Å². The lowest BCUT2D eigenvalue weighted by molar-refractivity contribution is 0.575. The number of nitrogens with zero attached hydrogens (tertiary/aromatic N) is 1. The predicted octanol–water partition coefficient (Wildman–Crippen LogP) is 4.11. The number of nitrogens with one attached hydrogen (secondary N) is 1. The van der Waals surface area contributed by atoms with Gasteiger partial charge < -0.3 is 9.88 Å². The summed E-state index contributed by atoms with van der Waals surface area (Å²) in [6, 6.07) is 7.65. The molecule has 0 saturated heterocycles. The van der Waals surface area contributed by atoms with E-state index in [0.717, 1.165) is 18.5 Å². The third kappa shape index (κ3) is 3.45. The molecule has 0 fully saturated rings. The molecule has 0 saturated carbocycles. The molecule has 1 heterocycles. The molecule has 0 aliphatic carbocycles. The van der Waals surface area contributed by atoms with Crippen molar-refractivity contribution in [3.63, 3.8) is 0 Å². The topological polar surface area (TPSA) is 17.0 Å². The minimum atomic E-state index is -0.224. The maximum Gasteiger partial charge on any atom is 0.137 e. The summed E-state index contributed by atoms with van der Waals surface area (Å²) >= 11 is 3.22. The van der Waals surface area contributed by atoms with Crippen LogP contribution in [0.4, 0.5) is 4.39 Å². The van der Waals surface area contributed by atoms with E-state index in [-0.39, 0.29) is 5.82 Å². The highest BCUT2D eigenvalue weighted by Gasteiger charge is 2.08. The lowest BCUT2D eigenvalue weighted by Gasteiger charge is -2.11. The second-order valence-electron chi connectivity index (χ2n) is 4.62. The van der Waals surface area contributed by atoms with Crippen molar-refractivity contribution in [2.24, 2.45) is 0 Å². The van der Waals surface area contributed by atoms with Gasteiger partial charge in [-0.2, -0.15) is 0 Å². The summed E-state index contributed by atoms with van der Waals surface area (Å²) in [7, 11) is 1.97. The molecule has 1 aromatic heterocycles. The minimum absolute atomic E-state index is 0.224. The van der Waals surface area contributed by atoms with E-state index < -0.39 is 0 Å². The molecule has 2 aromatic rings. The molecule has 4 heteroatoms. The van der Waals surface area contributed by atoms with Gasteiger partial charge in [-0.1, -0.05) is 13.0 Å². The van der Waals surface area contributed by atoms with Crippen molar-refractivity contribution < 1.29 is 4.39 Å². The molecule has 0 aliphatic rings. The van der Waals surface area contributed by atoms with Crippen LogP contribution in [0.2, 0.25) is 0 Å². The van der Waals surface area contributed by atoms with Crippen molar-refractivity contribution in [3.8, 4) is 0 Å². The van der Waals surface area contributed by atoms with Crippen LogP contribution in [-0.4, -0.2) is 11.6 Å². The van der Waals surface area contributed by atoms with E-state index in [4.69, 9.17) is 0 Å². The van der Waals surface area contributed by atoms with Gasteiger partial charge in [0.15, 0.2) is 0 Å². The molecular weight excluding hydrogens is 307 g/mol. The average molecular weight is 325 g/mol. The normalized spacial score (nSPS) is 12.6. The van der Waals surface area contributed by atoms with E-state index in [1.807, 2.05) is 19.2 Å². The predicted molar refractivity (Wildman–Crippen MR) is 79.7 cm³/mol. The van der Waals surface area contributed by atoms with Crippen molar-refractivity contribution in [1.29, 1.82) is 0 Å². The van der Waals surface area contributed by atoms with Gasteiger partial charge in [0.05, 0.1) is 4.47 Å². The van der Waals surface area contributed by atoms with Crippen LogP contribution in [0.1, 0.15) is 30.5 Å². The summed E-state index contributed by atoms with van der Waals surface area (Å²) in [5.41, 5.74) is 2.36. The maximum absolute atomic E-state index is 13.2. The van der Waals surface area contributed by atoms with Crippen LogP contribution in [0.3, 0.4) is 0 Å². The van der Waals surface area contributed by atoms with Crippen molar-refractivity contribution in [1.82, 2.24) is 9.88 Å². The molecule has 2 rings (SSSR count). The Kier molecular flexibility index (Phi) is 4.77. The summed E-state index contributed by atoms with van der Waals surface area (Å²) in [6.07, 6.45) is 5.26. The van der Waals surface area contributed by atoms with Crippen LogP contribution in [0.15, 0.2) is 41.1 Å². The smallest absolute Gasteiger partial charge is 0.137 e.